The van der Waals surface area contributed by atoms with Crippen LogP contribution in [-0.2, 0) is 21.4 Å². The highest BCUT2D eigenvalue weighted by Crippen LogP contribution is 2.19. The fourth-order valence-corrected chi connectivity index (χ4v) is 3.25. The average Bonchev–Trinajstić information content (AvgIpc) is 2.96. The number of carbonyl (C=O) groups is 1. The molecular weight excluding hydrogens is 328 g/mol. The molecule has 118 valence electrons. The lowest BCUT2D eigenvalue weighted by Crippen LogP contribution is -2.36. The molecule has 0 spiro atoms. The van der Waals surface area contributed by atoms with E-state index in [0.717, 1.165) is 0 Å². The summed E-state index contributed by atoms with van der Waals surface area (Å²) in [5, 5.41) is 3.00. The largest absolute Gasteiger partial charge is 0.467 e. The van der Waals surface area contributed by atoms with Crippen LogP contribution in [0.25, 0.3) is 0 Å². The Morgan fingerprint density at radius 2 is 2.09 bits per heavy atom. The second-order valence-corrected chi connectivity index (χ2v) is 6.76. The van der Waals surface area contributed by atoms with Crippen molar-refractivity contribution in [3.05, 3.63) is 52.9 Å². The van der Waals surface area contributed by atoms with E-state index in [0.29, 0.717) is 16.3 Å². The van der Waals surface area contributed by atoms with Gasteiger partial charge in [-0.05, 0) is 42.8 Å². The highest BCUT2D eigenvalue weighted by molar-refractivity contribution is 7.89. The highest BCUT2D eigenvalue weighted by atomic mass is 35.5. The summed E-state index contributed by atoms with van der Waals surface area (Å²) in [6.45, 7) is 1.48. The van der Waals surface area contributed by atoms with Crippen molar-refractivity contribution in [1.29, 1.82) is 0 Å². The van der Waals surface area contributed by atoms with Gasteiger partial charge in [-0.2, -0.15) is 0 Å². The van der Waals surface area contributed by atoms with Gasteiger partial charge in [0.25, 0.3) is 0 Å². The van der Waals surface area contributed by atoms with E-state index in [-0.39, 0.29) is 18.0 Å². The number of hydrogen-bond donors (Lipinski definition) is 2. The Bertz CT molecular complexity index is 757. The number of sulfonamides is 1. The van der Waals surface area contributed by atoms with Crippen LogP contribution in [-0.4, -0.2) is 20.9 Å². The van der Waals surface area contributed by atoms with Crippen molar-refractivity contribution in [2.75, 3.05) is 6.54 Å². The van der Waals surface area contributed by atoms with Gasteiger partial charge < -0.3 is 9.73 Å². The van der Waals surface area contributed by atoms with Crippen LogP contribution in [0.2, 0.25) is 5.02 Å². The standard InChI is InChI=1S/C14H15ClN2O4S/c1-10-7-11(15)4-5-13(10)22(19,20)17-9-14(18)16-8-12-3-2-6-21-12/h2-7,17H,8-9H2,1H3,(H,16,18). The number of amides is 1. The lowest BCUT2D eigenvalue weighted by molar-refractivity contribution is -0.120. The molecule has 2 rings (SSSR count). The molecule has 1 aromatic carbocycles. The number of rotatable bonds is 6. The Balaban J connectivity index is 1.93. The molecule has 2 aromatic rings. The first kappa shape index (κ1) is 16.5. The minimum absolute atomic E-state index is 0.0933. The summed E-state index contributed by atoms with van der Waals surface area (Å²) < 4.78 is 31.6. The van der Waals surface area contributed by atoms with Crippen LogP contribution in [0.1, 0.15) is 11.3 Å². The molecule has 0 bridgehead atoms. The van der Waals surface area contributed by atoms with E-state index in [2.05, 4.69) is 10.0 Å². The average molecular weight is 343 g/mol. The van der Waals surface area contributed by atoms with Crippen LogP contribution in [0, 0.1) is 6.92 Å². The van der Waals surface area contributed by atoms with Gasteiger partial charge in [-0.25, -0.2) is 13.1 Å². The minimum Gasteiger partial charge on any atom is -0.467 e. The summed E-state index contributed by atoms with van der Waals surface area (Å²) in [7, 11) is -3.77. The molecular formula is C14H15ClN2O4S. The van der Waals surface area contributed by atoms with E-state index in [1.54, 1.807) is 25.1 Å². The molecule has 0 saturated heterocycles. The van der Waals surface area contributed by atoms with E-state index < -0.39 is 15.9 Å². The van der Waals surface area contributed by atoms with Crippen LogP contribution in [0.15, 0.2) is 45.9 Å². The fraction of sp³-hybridized carbons (Fsp3) is 0.214. The second-order valence-electron chi connectivity index (χ2n) is 4.59. The van der Waals surface area contributed by atoms with Gasteiger partial charge >= 0.3 is 0 Å². The van der Waals surface area contributed by atoms with Crippen LogP contribution in [0.3, 0.4) is 0 Å². The van der Waals surface area contributed by atoms with Crippen LogP contribution in [0.5, 0.6) is 0 Å². The Morgan fingerprint density at radius 1 is 1.32 bits per heavy atom. The maximum absolute atomic E-state index is 12.1. The third-order valence-electron chi connectivity index (χ3n) is 2.89. The van der Waals surface area contributed by atoms with Gasteiger partial charge in [0.1, 0.15) is 5.76 Å². The van der Waals surface area contributed by atoms with Crippen molar-refractivity contribution >= 4 is 27.5 Å². The molecule has 1 aromatic heterocycles. The smallest absolute Gasteiger partial charge is 0.241 e. The number of benzene rings is 1. The van der Waals surface area contributed by atoms with Gasteiger partial charge in [0, 0.05) is 5.02 Å². The summed E-state index contributed by atoms with van der Waals surface area (Å²) in [6.07, 6.45) is 1.49. The molecule has 0 aliphatic carbocycles. The van der Waals surface area contributed by atoms with Gasteiger partial charge in [-0.1, -0.05) is 11.6 Å². The molecule has 8 heteroatoms. The maximum Gasteiger partial charge on any atom is 0.241 e. The molecule has 6 nitrogen and oxygen atoms in total. The zero-order valence-corrected chi connectivity index (χ0v) is 13.4. The van der Waals surface area contributed by atoms with Crippen molar-refractivity contribution in [2.45, 2.75) is 18.4 Å². The van der Waals surface area contributed by atoms with E-state index in [1.807, 2.05) is 0 Å². The number of furan rings is 1. The van der Waals surface area contributed by atoms with E-state index in [9.17, 15) is 13.2 Å². The predicted octanol–water partition coefficient (Wildman–Crippen LogP) is 1.84. The first-order chi connectivity index (χ1) is 10.4. The first-order valence-electron chi connectivity index (χ1n) is 6.43. The summed E-state index contributed by atoms with van der Waals surface area (Å²) in [4.78, 5) is 11.7. The van der Waals surface area contributed by atoms with Crippen molar-refractivity contribution < 1.29 is 17.6 Å². The molecule has 0 saturated carbocycles. The topological polar surface area (TPSA) is 88.4 Å². The van der Waals surface area contributed by atoms with Crippen LogP contribution in [0.4, 0.5) is 0 Å². The van der Waals surface area contributed by atoms with Gasteiger partial charge in [0.2, 0.25) is 15.9 Å². The summed E-state index contributed by atoms with van der Waals surface area (Å²) in [5.41, 5.74) is 0.510. The minimum atomic E-state index is -3.77. The molecule has 0 atom stereocenters. The zero-order valence-electron chi connectivity index (χ0n) is 11.8. The second kappa shape index (κ2) is 6.95. The van der Waals surface area contributed by atoms with Crippen molar-refractivity contribution in [3.8, 4) is 0 Å². The van der Waals surface area contributed by atoms with E-state index in [4.69, 9.17) is 16.0 Å². The van der Waals surface area contributed by atoms with Crippen molar-refractivity contribution in [1.82, 2.24) is 10.0 Å². The summed E-state index contributed by atoms with van der Waals surface area (Å²) in [6, 6.07) is 7.85. The van der Waals surface area contributed by atoms with Gasteiger partial charge in [-0.3, -0.25) is 4.79 Å². The summed E-state index contributed by atoms with van der Waals surface area (Å²) >= 11 is 5.80. The molecule has 22 heavy (non-hydrogen) atoms. The van der Waals surface area contributed by atoms with Crippen molar-refractivity contribution in [3.63, 3.8) is 0 Å². The molecule has 0 radical (unpaired) electrons. The molecule has 0 fully saturated rings. The SMILES string of the molecule is Cc1cc(Cl)ccc1S(=O)(=O)NCC(=O)NCc1ccco1. The number of nitrogens with one attached hydrogen (secondary N) is 2. The van der Waals surface area contributed by atoms with Crippen LogP contribution < -0.4 is 10.0 Å². The maximum atomic E-state index is 12.1. The lowest BCUT2D eigenvalue weighted by atomic mass is 10.2. The third kappa shape index (κ3) is 4.33. The third-order valence-corrected chi connectivity index (χ3v) is 4.69. The Morgan fingerprint density at radius 3 is 2.73 bits per heavy atom. The first-order valence-corrected chi connectivity index (χ1v) is 8.29. The number of aryl methyl sites for hydroxylation is 1. The molecule has 2 N–H and O–H groups in total. The van der Waals surface area contributed by atoms with Gasteiger partial charge in [-0.15, -0.1) is 0 Å². The molecule has 1 heterocycles. The number of hydrogen-bond acceptors (Lipinski definition) is 4. The number of halogens is 1. The monoisotopic (exact) mass is 342 g/mol. The Labute approximate surface area is 133 Å². The highest BCUT2D eigenvalue weighted by Gasteiger charge is 2.18. The summed E-state index contributed by atoms with van der Waals surface area (Å²) in [5.74, 6) is 0.136. The Hall–Kier alpha value is -1.83. The lowest BCUT2D eigenvalue weighted by Gasteiger charge is -2.09. The molecule has 0 aliphatic rings. The van der Waals surface area contributed by atoms with Crippen LogP contribution >= 0.6 is 11.6 Å². The molecule has 1 amide bonds. The fourth-order valence-electron chi connectivity index (χ4n) is 1.81. The van der Waals surface area contributed by atoms with Gasteiger partial charge in [0.05, 0.1) is 24.2 Å². The van der Waals surface area contributed by atoms with Crippen molar-refractivity contribution in [2.24, 2.45) is 0 Å². The normalized spacial score (nSPS) is 11.4. The van der Waals surface area contributed by atoms with E-state index in [1.165, 1.54) is 18.4 Å². The molecule has 0 unspecified atom stereocenters. The predicted molar refractivity (Wildman–Crippen MR) is 81.9 cm³/mol. The molecule has 0 aliphatic heterocycles. The van der Waals surface area contributed by atoms with Gasteiger partial charge in [0.15, 0.2) is 0 Å². The Kier molecular flexibility index (Phi) is 5.23. The van der Waals surface area contributed by atoms with E-state index >= 15 is 0 Å². The zero-order chi connectivity index (χ0) is 16.2. The quantitative estimate of drug-likeness (QED) is 0.838. The number of carbonyl (C=O) groups excluding carboxylic acids is 1.